The third-order valence-corrected chi connectivity index (χ3v) is 5.45. The van der Waals surface area contributed by atoms with Gasteiger partial charge >= 0.3 is 5.91 Å². The molecule has 3 aromatic carbocycles. The number of amides is 1. The maximum Gasteiger partial charge on any atom is 0.307 e. The average molecular weight is 529 g/mol. The summed E-state index contributed by atoms with van der Waals surface area (Å²) in [6, 6.07) is 18.4. The van der Waals surface area contributed by atoms with Crippen molar-refractivity contribution in [2.24, 2.45) is 5.10 Å². The van der Waals surface area contributed by atoms with Crippen LogP contribution >= 0.6 is 27.5 Å². The summed E-state index contributed by atoms with van der Waals surface area (Å²) in [6.45, 7) is 0.178. The van der Waals surface area contributed by atoms with Gasteiger partial charge in [0.2, 0.25) is 0 Å². The molecular formula is C23H15BrClN3O5. The number of hydrogen-bond acceptors (Lipinski definition) is 6. The Morgan fingerprint density at radius 3 is 2.64 bits per heavy atom. The molecule has 0 aliphatic heterocycles. The number of nitro benzene ring substituents is 1. The first kappa shape index (κ1) is 22.5. The number of fused-ring (bicyclic) bond motifs is 1. The molecule has 0 saturated carbocycles. The van der Waals surface area contributed by atoms with Crippen molar-refractivity contribution in [2.45, 2.75) is 6.61 Å². The molecule has 0 radical (unpaired) electrons. The average Bonchev–Trinajstić information content (AvgIpc) is 3.23. The molecule has 10 heteroatoms. The highest BCUT2D eigenvalue weighted by molar-refractivity contribution is 9.10. The molecule has 0 aliphatic rings. The lowest BCUT2D eigenvalue weighted by molar-refractivity contribution is -0.384. The normalized spacial score (nSPS) is 11.1. The Hall–Kier alpha value is -3.69. The van der Waals surface area contributed by atoms with Crippen molar-refractivity contribution in [3.05, 3.63) is 103 Å². The molecule has 0 atom stereocenters. The lowest BCUT2D eigenvalue weighted by Gasteiger charge is -2.11. The minimum atomic E-state index is -0.476. The lowest BCUT2D eigenvalue weighted by atomic mass is 10.2. The quantitative estimate of drug-likeness (QED) is 0.177. The topological polar surface area (TPSA) is 107 Å². The fourth-order valence-corrected chi connectivity index (χ4v) is 3.96. The van der Waals surface area contributed by atoms with Gasteiger partial charge in [-0.25, -0.2) is 5.43 Å². The van der Waals surface area contributed by atoms with Gasteiger partial charge in [0.25, 0.3) is 5.69 Å². The van der Waals surface area contributed by atoms with E-state index >= 15 is 0 Å². The van der Waals surface area contributed by atoms with E-state index in [2.05, 4.69) is 26.5 Å². The molecule has 1 amide bonds. The first-order valence-electron chi connectivity index (χ1n) is 9.58. The van der Waals surface area contributed by atoms with Gasteiger partial charge in [-0.05, 0) is 63.5 Å². The van der Waals surface area contributed by atoms with Gasteiger partial charge in [0.1, 0.15) is 12.2 Å². The van der Waals surface area contributed by atoms with Crippen LogP contribution in [0.3, 0.4) is 0 Å². The standard InChI is InChI=1S/C23H15BrClN3O5/c24-18-9-15(12-26-27-23(29)21-11-16-3-1-2-4-20(16)33-21)10-19(25)22(18)32-13-14-5-7-17(8-6-14)28(30)31/h1-12H,13H2,(H,27,29)/b26-12+. The van der Waals surface area contributed by atoms with Crippen LogP contribution in [0.4, 0.5) is 5.69 Å². The second-order valence-electron chi connectivity index (χ2n) is 6.87. The summed E-state index contributed by atoms with van der Waals surface area (Å²) in [6.07, 6.45) is 1.44. The number of hydrazone groups is 1. The van der Waals surface area contributed by atoms with Gasteiger partial charge in [0.15, 0.2) is 11.5 Å². The zero-order valence-electron chi connectivity index (χ0n) is 16.8. The van der Waals surface area contributed by atoms with Crippen molar-refractivity contribution in [3.63, 3.8) is 0 Å². The molecule has 1 aromatic heterocycles. The number of benzene rings is 3. The third kappa shape index (κ3) is 5.39. The molecule has 0 unspecified atom stereocenters. The highest BCUT2D eigenvalue weighted by Crippen LogP contribution is 2.34. The minimum absolute atomic E-state index is 0.00835. The molecule has 0 aliphatic carbocycles. The Labute approximate surface area is 201 Å². The van der Waals surface area contributed by atoms with Crippen molar-refractivity contribution >= 4 is 56.3 Å². The van der Waals surface area contributed by atoms with Crippen LogP contribution in [0.2, 0.25) is 5.02 Å². The SMILES string of the molecule is O=C(N/N=C/c1cc(Cl)c(OCc2ccc([N+](=O)[O-])cc2)c(Br)c1)c1cc2ccccc2o1. The van der Waals surface area contributed by atoms with E-state index in [-0.39, 0.29) is 18.1 Å². The van der Waals surface area contributed by atoms with Crippen LogP contribution in [0.25, 0.3) is 11.0 Å². The summed E-state index contributed by atoms with van der Waals surface area (Å²) in [7, 11) is 0. The Morgan fingerprint density at radius 2 is 1.94 bits per heavy atom. The molecule has 166 valence electrons. The van der Waals surface area contributed by atoms with Crippen LogP contribution in [0.15, 0.2) is 80.7 Å². The van der Waals surface area contributed by atoms with Crippen LogP contribution in [-0.4, -0.2) is 17.0 Å². The number of nitrogens with one attached hydrogen (secondary N) is 1. The molecule has 4 rings (SSSR count). The van der Waals surface area contributed by atoms with E-state index in [0.717, 1.165) is 10.9 Å². The summed E-state index contributed by atoms with van der Waals surface area (Å²) < 4.78 is 11.9. The summed E-state index contributed by atoms with van der Waals surface area (Å²) in [5, 5.41) is 15.9. The number of nitro groups is 1. The van der Waals surface area contributed by atoms with Gasteiger partial charge in [-0.15, -0.1) is 0 Å². The van der Waals surface area contributed by atoms with Gasteiger partial charge < -0.3 is 9.15 Å². The number of furan rings is 1. The number of nitrogens with zero attached hydrogens (tertiary/aromatic N) is 2. The van der Waals surface area contributed by atoms with Crippen LogP contribution < -0.4 is 10.2 Å². The van der Waals surface area contributed by atoms with Crippen LogP contribution in [0.5, 0.6) is 5.75 Å². The fourth-order valence-electron chi connectivity index (χ4n) is 2.98. The number of non-ortho nitro benzene ring substituents is 1. The summed E-state index contributed by atoms with van der Waals surface area (Å²) >= 11 is 9.76. The van der Waals surface area contributed by atoms with Crippen molar-refractivity contribution in [3.8, 4) is 5.75 Å². The number of para-hydroxylation sites is 1. The number of hydrogen-bond donors (Lipinski definition) is 1. The predicted octanol–water partition coefficient (Wildman–Crippen LogP) is 6.10. The minimum Gasteiger partial charge on any atom is -0.486 e. The van der Waals surface area contributed by atoms with Crippen molar-refractivity contribution in [1.29, 1.82) is 0 Å². The summed E-state index contributed by atoms with van der Waals surface area (Å²) in [4.78, 5) is 22.5. The van der Waals surface area contributed by atoms with E-state index in [1.54, 1.807) is 36.4 Å². The van der Waals surface area contributed by atoms with Crippen LogP contribution in [-0.2, 0) is 6.61 Å². The maximum absolute atomic E-state index is 12.3. The number of carbonyl (C=O) groups excluding carboxylic acids is 1. The molecule has 1 N–H and O–H groups in total. The maximum atomic E-state index is 12.3. The number of halogens is 2. The second kappa shape index (κ2) is 9.85. The van der Waals surface area contributed by atoms with Crippen molar-refractivity contribution < 1.29 is 18.9 Å². The van der Waals surface area contributed by atoms with Gasteiger partial charge in [0.05, 0.1) is 20.6 Å². The van der Waals surface area contributed by atoms with Crippen molar-refractivity contribution in [1.82, 2.24) is 5.43 Å². The number of rotatable bonds is 7. The largest absolute Gasteiger partial charge is 0.486 e. The highest BCUT2D eigenvalue weighted by Gasteiger charge is 2.12. The zero-order chi connectivity index (χ0) is 23.4. The van der Waals surface area contributed by atoms with E-state index in [4.69, 9.17) is 20.8 Å². The lowest BCUT2D eigenvalue weighted by Crippen LogP contribution is -2.16. The Bertz CT molecular complexity index is 1310. The first-order valence-corrected chi connectivity index (χ1v) is 10.7. The Balaban J connectivity index is 1.39. The number of ether oxygens (including phenoxy) is 1. The molecule has 0 saturated heterocycles. The summed E-state index contributed by atoms with van der Waals surface area (Å²) in [5.41, 5.74) is 4.42. The van der Waals surface area contributed by atoms with Gasteiger partial charge in [-0.2, -0.15) is 5.10 Å². The second-order valence-corrected chi connectivity index (χ2v) is 8.14. The van der Waals surface area contributed by atoms with Crippen LogP contribution in [0.1, 0.15) is 21.7 Å². The summed E-state index contributed by atoms with van der Waals surface area (Å²) in [5.74, 6) is 0.0942. The zero-order valence-corrected chi connectivity index (χ0v) is 19.2. The third-order valence-electron chi connectivity index (χ3n) is 4.58. The van der Waals surface area contributed by atoms with E-state index in [1.165, 1.54) is 18.3 Å². The van der Waals surface area contributed by atoms with E-state index in [9.17, 15) is 14.9 Å². The van der Waals surface area contributed by atoms with Crippen molar-refractivity contribution in [2.75, 3.05) is 0 Å². The van der Waals surface area contributed by atoms with Gasteiger partial charge in [-0.3, -0.25) is 14.9 Å². The Kier molecular flexibility index (Phi) is 6.71. The van der Waals surface area contributed by atoms with E-state index in [1.807, 2.05) is 18.2 Å². The molecule has 1 heterocycles. The van der Waals surface area contributed by atoms with Gasteiger partial charge in [0, 0.05) is 17.5 Å². The number of carbonyl (C=O) groups is 1. The first-order chi connectivity index (χ1) is 15.9. The molecule has 33 heavy (non-hydrogen) atoms. The monoisotopic (exact) mass is 527 g/mol. The molecule has 8 nitrogen and oxygen atoms in total. The highest BCUT2D eigenvalue weighted by atomic mass is 79.9. The molecular weight excluding hydrogens is 514 g/mol. The molecule has 0 fully saturated rings. The molecule has 0 spiro atoms. The molecule has 0 bridgehead atoms. The fraction of sp³-hybridized carbons (Fsp3) is 0.0435. The predicted molar refractivity (Wildman–Crippen MR) is 128 cm³/mol. The van der Waals surface area contributed by atoms with Crippen LogP contribution in [0, 0.1) is 10.1 Å². The van der Waals surface area contributed by atoms with Gasteiger partial charge in [-0.1, -0.05) is 29.8 Å². The smallest absolute Gasteiger partial charge is 0.307 e. The Morgan fingerprint density at radius 1 is 1.18 bits per heavy atom. The van der Waals surface area contributed by atoms with E-state index < -0.39 is 10.8 Å². The van der Waals surface area contributed by atoms with E-state index in [0.29, 0.717) is 26.4 Å². The molecule has 4 aromatic rings.